The molecule has 0 amide bonds. The molecule has 1 spiro atoms. The molecule has 0 aromatic heterocycles. The van der Waals surface area contributed by atoms with Gasteiger partial charge in [0.1, 0.15) is 0 Å². The van der Waals surface area contributed by atoms with E-state index in [1.54, 1.807) is 11.1 Å². The second-order valence-corrected chi connectivity index (χ2v) is 16.4. The molecule has 0 unspecified atom stereocenters. The van der Waals surface area contributed by atoms with E-state index in [2.05, 4.69) is 158 Å². The van der Waals surface area contributed by atoms with E-state index >= 15 is 0 Å². The van der Waals surface area contributed by atoms with Crippen LogP contribution in [-0.2, 0) is 5.41 Å². The Balaban J connectivity index is 1.09. The molecule has 248 valence electrons. The van der Waals surface area contributed by atoms with Crippen molar-refractivity contribution < 1.29 is 0 Å². The monoisotopic (exact) mass is 664 g/mol. The van der Waals surface area contributed by atoms with Crippen LogP contribution in [0.25, 0.3) is 76.8 Å². The first-order chi connectivity index (χ1) is 25.8. The van der Waals surface area contributed by atoms with Gasteiger partial charge in [0.2, 0.25) is 0 Å². The van der Waals surface area contributed by atoms with Gasteiger partial charge in [-0.15, -0.1) is 0 Å². The predicted molar refractivity (Wildman–Crippen MR) is 219 cm³/mol. The molecule has 0 atom stereocenters. The quantitative estimate of drug-likeness (QED) is 0.165. The van der Waals surface area contributed by atoms with Crippen molar-refractivity contribution in [2.45, 2.75) is 37.5 Å². The van der Waals surface area contributed by atoms with E-state index in [1.807, 2.05) is 0 Å². The summed E-state index contributed by atoms with van der Waals surface area (Å²) in [5, 5.41) is 8.16. The summed E-state index contributed by atoms with van der Waals surface area (Å²) < 4.78 is 0. The van der Waals surface area contributed by atoms with Crippen molar-refractivity contribution >= 4 is 32.3 Å². The van der Waals surface area contributed by atoms with Gasteiger partial charge in [0, 0.05) is 5.41 Å². The summed E-state index contributed by atoms with van der Waals surface area (Å²) in [7, 11) is 0. The molecule has 8 aromatic carbocycles. The Labute approximate surface area is 305 Å². The van der Waals surface area contributed by atoms with Gasteiger partial charge in [-0.05, 0) is 150 Å². The van der Waals surface area contributed by atoms with Crippen LogP contribution >= 0.6 is 0 Å². The van der Waals surface area contributed by atoms with Crippen LogP contribution in [0.4, 0.5) is 0 Å². The Hall–Kier alpha value is -5.46. The highest BCUT2D eigenvalue weighted by Crippen LogP contribution is 2.70. The number of hydrogen-bond acceptors (Lipinski definition) is 0. The third-order valence-corrected chi connectivity index (χ3v) is 14.0. The highest BCUT2D eigenvalue weighted by molar-refractivity contribution is 6.21. The lowest BCUT2D eigenvalue weighted by Crippen LogP contribution is -2.55. The van der Waals surface area contributed by atoms with Gasteiger partial charge in [0.15, 0.2) is 0 Å². The SMILES string of the molecule is c1ccc(-c2ccc(-c3c4ccccc4c(-c4ccc5c(c4)-c4ccc6ccccc6c4C54C5CC6CC(C5)CC4C6)c4ccccc34)cc2)cc1. The lowest BCUT2D eigenvalue weighted by Gasteiger charge is -2.61. The molecule has 0 heterocycles. The number of hydrogen-bond donors (Lipinski definition) is 0. The highest BCUT2D eigenvalue weighted by atomic mass is 14.6. The topological polar surface area (TPSA) is 0 Å². The molecule has 4 bridgehead atoms. The first-order valence-corrected chi connectivity index (χ1v) is 19.5. The summed E-state index contributed by atoms with van der Waals surface area (Å²) in [5.41, 5.74) is 14.2. The van der Waals surface area contributed by atoms with E-state index in [0.29, 0.717) is 0 Å². The van der Waals surface area contributed by atoms with E-state index in [-0.39, 0.29) is 5.41 Å². The van der Waals surface area contributed by atoms with Crippen LogP contribution in [0.15, 0.2) is 158 Å². The first-order valence-electron chi connectivity index (χ1n) is 19.5. The van der Waals surface area contributed by atoms with Crippen molar-refractivity contribution in [2.24, 2.45) is 23.7 Å². The summed E-state index contributed by atoms with van der Waals surface area (Å²) in [4.78, 5) is 0. The van der Waals surface area contributed by atoms with Crippen molar-refractivity contribution in [3.63, 3.8) is 0 Å². The zero-order valence-corrected chi connectivity index (χ0v) is 29.4. The molecule has 4 fully saturated rings. The number of rotatable bonds is 3. The third kappa shape index (κ3) is 3.88. The maximum absolute atomic E-state index is 2.60. The molecule has 0 nitrogen and oxygen atoms in total. The van der Waals surface area contributed by atoms with Crippen LogP contribution in [0.5, 0.6) is 0 Å². The smallest absolute Gasteiger partial charge is 0.0278 e. The summed E-state index contributed by atoms with van der Waals surface area (Å²) in [6.45, 7) is 0. The lowest BCUT2D eigenvalue weighted by molar-refractivity contribution is -0.0393. The van der Waals surface area contributed by atoms with Gasteiger partial charge in [0.25, 0.3) is 0 Å². The van der Waals surface area contributed by atoms with Crippen LogP contribution in [-0.4, -0.2) is 0 Å². The molecule has 0 heteroatoms. The number of fused-ring (bicyclic) bond motifs is 7. The molecule has 5 aliphatic carbocycles. The van der Waals surface area contributed by atoms with Crippen LogP contribution in [0.1, 0.15) is 43.2 Å². The Bertz CT molecular complexity index is 2650. The van der Waals surface area contributed by atoms with Crippen molar-refractivity contribution in [1.82, 2.24) is 0 Å². The zero-order chi connectivity index (χ0) is 34.0. The second-order valence-electron chi connectivity index (χ2n) is 16.4. The molecule has 8 aromatic rings. The third-order valence-electron chi connectivity index (χ3n) is 14.0. The van der Waals surface area contributed by atoms with Crippen molar-refractivity contribution in [1.29, 1.82) is 0 Å². The Morgan fingerprint density at radius 1 is 0.365 bits per heavy atom. The predicted octanol–water partition coefficient (Wildman–Crippen LogP) is 13.9. The molecular weight excluding hydrogens is 625 g/mol. The van der Waals surface area contributed by atoms with Crippen LogP contribution in [0.2, 0.25) is 0 Å². The minimum atomic E-state index is 0.136. The van der Waals surface area contributed by atoms with Crippen molar-refractivity contribution in [3.05, 3.63) is 169 Å². The molecule has 0 saturated heterocycles. The van der Waals surface area contributed by atoms with E-state index in [9.17, 15) is 0 Å². The van der Waals surface area contributed by atoms with Crippen LogP contribution < -0.4 is 0 Å². The van der Waals surface area contributed by atoms with E-state index < -0.39 is 0 Å². The molecule has 4 saturated carbocycles. The molecular formula is C52H40. The van der Waals surface area contributed by atoms with Gasteiger partial charge >= 0.3 is 0 Å². The summed E-state index contributed by atoms with van der Waals surface area (Å²) in [6.07, 6.45) is 7.09. The molecule has 5 aliphatic rings. The Morgan fingerprint density at radius 3 is 1.50 bits per heavy atom. The fourth-order valence-electron chi connectivity index (χ4n) is 12.3. The first kappa shape index (κ1) is 29.2. The highest BCUT2D eigenvalue weighted by Gasteiger charge is 2.62. The van der Waals surface area contributed by atoms with Gasteiger partial charge in [-0.3, -0.25) is 0 Å². The van der Waals surface area contributed by atoms with Gasteiger partial charge in [0.05, 0.1) is 0 Å². The fraction of sp³-hybridized carbons (Fsp3) is 0.192. The minimum absolute atomic E-state index is 0.136. The Kier molecular flexibility index (Phi) is 6.04. The van der Waals surface area contributed by atoms with E-state index in [0.717, 1.165) is 23.7 Å². The van der Waals surface area contributed by atoms with E-state index in [1.165, 1.54) is 109 Å². The minimum Gasteiger partial charge on any atom is -0.0622 e. The molecule has 52 heavy (non-hydrogen) atoms. The zero-order valence-electron chi connectivity index (χ0n) is 29.4. The van der Waals surface area contributed by atoms with Gasteiger partial charge in [-0.25, -0.2) is 0 Å². The number of benzene rings is 8. The average molecular weight is 665 g/mol. The lowest BCUT2D eigenvalue weighted by atomic mass is 9.43. The largest absolute Gasteiger partial charge is 0.0622 e. The van der Waals surface area contributed by atoms with Gasteiger partial charge in [-0.1, -0.05) is 152 Å². The second kappa shape index (κ2) is 10.8. The summed E-state index contributed by atoms with van der Waals surface area (Å²) in [5.74, 6) is 3.35. The fourth-order valence-corrected chi connectivity index (χ4v) is 12.3. The molecule has 0 radical (unpaired) electrons. The summed E-state index contributed by atoms with van der Waals surface area (Å²) >= 11 is 0. The van der Waals surface area contributed by atoms with Crippen molar-refractivity contribution in [3.8, 4) is 44.5 Å². The normalized spacial score (nSPS) is 23.8. The average Bonchev–Trinajstić information content (AvgIpc) is 3.49. The van der Waals surface area contributed by atoms with Gasteiger partial charge in [-0.2, -0.15) is 0 Å². The standard InChI is InChI=1S/C52H40/c1-2-10-34(11-3-1)35-18-20-37(21-19-35)49-42-14-6-8-16-44(42)50(45-17-9-7-15-43(45)49)38-23-25-48-47(31-38)46-24-22-36-12-4-5-13-41(36)51(46)52(48)39-27-32-26-33(29-39)30-40(52)28-32/h1-25,31-33,39-40H,26-30H2. The molecule has 0 N–H and O–H groups in total. The molecule has 0 aliphatic heterocycles. The summed E-state index contributed by atoms with van der Waals surface area (Å²) in [6, 6.07) is 60.0. The maximum Gasteiger partial charge on any atom is 0.0278 e. The Morgan fingerprint density at radius 2 is 0.865 bits per heavy atom. The maximum atomic E-state index is 2.60. The van der Waals surface area contributed by atoms with Crippen LogP contribution in [0, 0.1) is 23.7 Å². The van der Waals surface area contributed by atoms with Crippen molar-refractivity contribution in [2.75, 3.05) is 0 Å². The van der Waals surface area contributed by atoms with Gasteiger partial charge < -0.3 is 0 Å². The molecule has 13 rings (SSSR count). The van der Waals surface area contributed by atoms with E-state index in [4.69, 9.17) is 0 Å². The van der Waals surface area contributed by atoms with Crippen LogP contribution in [0.3, 0.4) is 0 Å².